The average molecular weight is 120 g/mol. The highest BCUT2D eigenvalue weighted by Gasteiger charge is 2.05. The van der Waals surface area contributed by atoms with Crippen LogP contribution in [0.2, 0.25) is 0 Å². The van der Waals surface area contributed by atoms with Crippen LogP contribution in [0.1, 0.15) is 6.92 Å². The second-order valence-electron chi connectivity index (χ2n) is 1.38. The van der Waals surface area contributed by atoms with Gasteiger partial charge in [0.15, 0.2) is 0 Å². The SMILES string of the molecule is CC(N)C(S)N=O. The number of nitrogens with two attached hydrogens (primary N) is 1. The third kappa shape index (κ3) is 2.59. The molecular weight excluding hydrogens is 112 g/mol. The summed E-state index contributed by atoms with van der Waals surface area (Å²) in [5, 5.41) is 2.02. The summed E-state index contributed by atoms with van der Waals surface area (Å²) < 4.78 is 0. The van der Waals surface area contributed by atoms with E-state index in [1.54, 1.807) is 6.92 Å². The summed E-state index contributed by atoms with van der Waals surface area (Å²) in [4.78, 5) is 9.54. The third-order valence-corrected chi connectivity index (χ3v) is 1.14. The van der Waals surface area contributed by atoms with E-state index in [0.29, 0.717) is 0 Å². The number of hydrogen-bond acceptors (Lipinski definition) is 4. The van der Waals surface area contributed by atoms with Crippen LogP contribution in [0.5, 0.6) is 0 Å². The molecule has 0 bridgehead atoms. The Hall–Kier alpha value is -0.0900. The van der Waals surface area contributed by atoms with Gasteiger partial charge < -0.3 is 5.73 Å². The predicted octanol–water partition coefficient (Wildman–Crippen LogP) is 0.356. The standard InChI is InChI=1S/C3H8N2OS/c1-2(4)3(7)5-6/h2-3,7H,4H2,1H3. The van der Waals surface area contributed by atoms with Gasteiger partial charge in [-0.1, -0.05) is 5.18 Å². The monoisotopic (exact) mass is 120 g/mol. The van der Waals surface area contributed by atoms with Gasteiger partial charge in [-0.25, -0.2) is 0 Å². The van der Waals surface area contributed by atoms with Crippen LogP contribution in [0.3, 0.4) is 0 Å². The van der Waals surface area contributed by atoms with E-state index in [0.717, 1.165) is 0 Å². The van der Waals surface area contributed by atoms with Crippen LogP contribution in [0.15, 0.2) is 5.18 Å². The van der Waals surface area contributed by atoms with Crippen molar-refractivity contribution in [2.75, 3.05) is 0 Å². The zero-order valence-electron chi connectivity index (χ0n) is 4.03. The maximum absolute atomic E-state index is 9.54. The first-order valence-electron chi connectivity index (χ1n) is 1.94. The molecule has 7 heavy (non-hydrogen) atoms. The highest BCUT2D eigenvalue weighted by Crippen LogP contribution is 1.98. The van der Waals surface area contributed by atoms with Crippen molar-refractivity contribution in [2.24, 2.45) is 10.9 Å². The van der Waals surface area contributed by atoms with E-state index in [1.807, 2.05) is 0 Å². The van der Waals surface area contributed by atoms with Crippen molar-refractivity contribution in [3.63, 3.8) is 0 Å². The Bertz CT molecular complexity index is 66.0. The first-order chi connectivity index (χ1) is 3.18. The first-order valence-corrected chi connectivity index (χ1v) is 2.46. The lowest BCUT2D eigenvalue weighted by atomic mass is 10.4. The molecule has 0 aromatic heterocycles. The van der Waals surface area contributed by atoms with Gasteiger partial charge in [-0.3, -0.25) is 0 Å². The Kier molecular flexibility index (Phi) is 2.95. The molecule has 3 nitrogen and oxygen atoms in total. The van der Waals surface area contributed by atoms with Crippen LogP contribution in [0.4, 0.5) is 0 Å². The van der Waals surface area contributed by atoms with Crippen molar-refractivity contribution in [1.82, 2.24) is 0 Å². The molecule has 0 aliphatic rings. The van der Waals surface area contributed by atoms with Gasteiger partial charge in [-0.05, 0) is 6.92 Å². The van der Waals surface area contributed by atoms with E-state index >= 15 is 0 Å². The third-order valence-electron chi connectivity index (χ3n) is 0.578. The molecule has 2 N–H and O–H groups in total. The second-order valence-corrected chi connectivity index (χ2v) is 1.91. The van der Waals surface area contributed by atoms with Crippen molar-refractivity contribution in [1.29, 1.82) is 0 Å². The van der Waals surface area contributed by atoms with Crippen LogP contribution >= 0.6 is 12.6 Å². The molecule has 0 fully saturated rings. The van der Waals surface area contributed by atoms with Crippen molar-refractivity contribution < 1.29 is 0 Å². The van der Waals surface area contributed by atoms with Crippen LogP contribution in [0, 0.1) is 4.91 Å². The lowest BCUT2D eigenvalue weighted by Gasteiger charge is -2.02. The van der Waals surface area contributed by atoms with Crippen molar-refractivity contribution in [3.8, 4) is 0 Å². The molecule has 0 rings (SSSR count). The van der Waals surface area contributed by atoms with Gasteiger partial charge in [0.25, 0.3) is 0 Å². The Morgan fingerprint density at radius 3 is 2.29 bits per heavy atom. The molecule has 0 saturated carbocycles. The predicted molar refractivity (Wildman–Crippen MR) is 32.2 cm³/mol. The minimum atomic E-state index is -0.556. The molecule has 0 aromatic rings. The lowest BCUT2D eigenvalue weighted by molar-refractivity contribution is 0.711. The molecule has 42 valence electrons. The Balaban J connectivity index is 3.33. The molecule has 0 aliphatic heterocycles. The summed E-state index contributed by atoms with van der Waals surface area (Å²) in [6.45, 7) is 1.68. The molecule has 0 heterocycles. The van der Waals surface area contributed by atoms with Gasteiger partial charge in [0.1, 0.15) is 5.37 Å². The van der Waals surface area contributed by atoms with E-state index in [9.17, 15) is 4.91 Å². The maximum Gasteiger partial charge on any atom is 0.149 e. The van der Waals surface area contributed by atoms with Gasteiger partial charge in [-0.15, -0.1) is 17.5 Å². The minimum Gasteiger partial charge on any atom is -0.325 e. The molecule has 0 spiro atoms. The van der Waals surface area contributed by atoms with Gasteiger partial charge in [-0.2, -0.15) is 0 Å². The zero-order valence-corrected chi connectivity index (χ0v) is 4.93. The fourth-order valence-electron chi connectivity index (χ4n) is 0.0960. The second kappa shape index (κ2) is 2.98. The summed E-state index contributed by atoms with van der Waals surface area (Å²) in [6.07, 6.45) is 0. The fraction of sp³-hybridized carbons (Fsp3) is 1.00. The molecule has 0 amide bonds. The Morgan fingerprint density at radius 1 is 1.86 bits per heavy atom. The van der Waals surface area contributed by atoms with E-state index in [-0.39, 0.29) is 6.04 Å². The molecule has 4 heteroatoms. The van der Waals surface area contributed by atoms with E-state index in [4.69, 9.17) is 5.73 Å². The quantitative estimate of drug-likeness (QED) is 0.408. The highest BCUT2D eigenvalue weighted by molar-refractivity contribution is 7.81. The van der Waals surface area contributed by atoms with Gasteiger partial charge in [0, 0.05) is 6.04 Å². The normalized spacial score (nSPS) is 18.1. The summed E-state index contributed by atoms with van der Waals surface area (Å²) in [5.74, 6) is 0. The number of rotatable bonds is 2. The molecule has 0 aliphatic carbocycles. The van der Waals surface area contributed by atoms with Crippen molar-refractivity contribution in [3.05, 3.63) is 4.91 Å². The fourth-order valence-corrected chi connectivity index (χ4v) is 0.0960. The first kappa shape index (κ1) is 6.91. The van der Waals surface area contributed by atoms with E-state index in [2.05, 4.69) is 17.8 Å². The lowest BCUT2D eigenvalue weighted by Crippen LogP contribution is -2.24. The number of thiol groups is 1. The van der Waals surface area contributed by atoms with E-state index in [1.165, 1.54) is 0 Å². The smallest absolute Gasteiger partial charge is 0.149 e. The average Bonchev–Trinajstić information content (AvgIpc) is 1.65. The molecular formula is C3H8N2OS. The van der Waals surface area contributed by atoms with Crippen LogP contribution in [-0.4, -0.2) is 11.4 Å². The van der Waals surface area contributed by atoms with Gasteiger partial charge in [0.05, 0.1) is 0 Å². The summed E-state index contributed by atoms with van der Waals surface area (Å²) in [7, 11) is 0. The summed E-state index contributed by atoms with van der Waals surface area (Å²) >= 11 is 3.72. The number of nitrogens with zero attached hydrogens (tertiary/aromatic N) is 1. The van der Waals surface area contributed by atoms with E-state index < -0.39 is 5.37 Å². The number of nitroso groups, excluding NO2 is 1. The zero-order chi connectivity index (χ0) is 5.86. The van der Waals surface area contributed by atoms with Crippen LogP contribution in [0.25, 0.3) is 0 Å². The summed E-state index contributed by atoms with van der Waals surface area (Å²) in [5.41, 5.74) is 5.18. The topological polar surface area (TPSA) is 55.4 Å². The summed E-state index contributed by atoms with van der Waals surface area (Å²) in [6, 6.07) is -0.249. The molecule has 2 atom stereocenters. The molecule has 0 radical (unpaired) electrons. The molecule has 2 unspecified atom stereocenters. The van der Waals surface area contributed by atoms with Gasteiger partial charge >= 0.3 is 0 Å². The Labute approximate surface area is 47.7 Å². The largest absolute Gasteiger partial charge is 0.325 e. The minimum absolute atomic E-state index is 0.249. The number of hydrogen-bond donors (Lipinski definition) is 2. The highest BCUT2D eigenvalue weighted by atomic mass is 32.1. The van der Waals surface area contributed by atoms with Crippen molar-refractivity contribution in [2.45, 2.75) is 18.3 Å². The molecule has 0 aromatic carbocycles. The van der Waals surface area contributed by atoms with Gasteiger partial charge in [0.2, 0.25) is 0 Å². The molecule has 0 saturated heterocycles. The van der Waals surface area contributed by atoms with Crippen LogP contribution in [-0.2, 0) is 0 Å². The van der Waals surface area contributed by atoms with Crippen molar-refractivity contribution >= 4 is 12.6 Å². The maximum atomic E-state index is 9.54. The Morgan fingerprint density at radius 2 is 2.29 bits per heavy atom. The van der Waals surface area contributed by atoms with Crippen LogP contribution < -0.4 is 5.73 Å².